The Kier molecular flexibility index (Phi) is 3.07. The van der Waals surface area contributed by atoms with Crippen molar-refractivity contribution >= 4 is 33.2 Å². The molecule has 0 aromatic carbocycles. The minimum atomic E-state index is 0.0342. The van der Waals surface area contributed by atoms with Crippen molar-refractivity contribution in [1.29, 1.82) is 0 Å². The molecule has 0 bridgehead atoms. The van der Waals surface area contributed by atoms with E-state index in [2.05, 4.69) is 4.98 Å². The summed E-state index contributed by atoms with van der Waals surface area (Å²) in [5.41, 5.74) is 0.812. The highest BCUT2D eigenvalue weighted by molar-refractivity contribution is 7.17. The number of nitrogens with zero attached hydrogens (tertiary/aromatic N) is 2. The predicted molar refractivity (Wildman–Crippen MR) is 63.8 cm³/mol. The molecule has 80 valence electrons. The fourth-order valence-corrected chi connectivity index (χ4v) is 2.28. The average molecular weight is 243 g/mol. The molecule has 0 amide bonds. The van der Waals surface area contributed by atoms with E-state index in [0.717, 1.165) is 10.2 Å². The van der Waals surface area contributed by atoms with Crippen LogP contribution in [-0.2, 0) is 6.54 Å². The molecule has 2 aromatic rings. The molecule has 5 heteroatoms. The van der Waals surface area contributed by atoms with Gasteiger partial charge in [0.05, 0.1) is 11.8 Å². The van der Waals surface area contributed by atoms with Crippen molar-refractivity contribution in [3.8, 4) is 0 Å². The minimum Gasteiger partial charge on any atom is -0.298 e. The van der Waals surface area contributed by atoms with Gasteiger partial charge in [0.2, 0.25) is 0 Å². The number of hydrogen-bond donors (Lipinski definition) is 0. The van der Waals surface area contributed by atoms with Crippen LogP contribution in [0.1, 0.15) is 6.92 Å². The zero-order valence-electron chi connectivity index (χ0n) is 8.31. The van der Waals surface area contributed by atoms with Gasteiger partial charge in [-0.05, 0) is 17.4 Å². The van der Waals surface area contributed by atoms with Crippen LogP contribution in [0.3, 0.4) is 0 Å². The van der Waals surface area contributed by atoms with Crippen molar-refractivity contribution in [2.24, 2.45) is 5.92 Å². The minimum absolute atomic E-state index is 0.0342. The van der Waals surface area contributed by atoms with Gasteiger partial charge in [0, 0.05) is 12.4 Å². The van der Waals surface area contributed by atoms with Crippen LogP contribution in [0.5, 0.6) is 0 Å². The highest BCUT2D eigenvalue weighted by Crippen LogP contribution is 2.13. The van der Waals surface area contributed by atoms with Gasteiger partial charge in [-0.15, -0.1) is 22.9 Å². The maximum absolute atomic E-state index is 11.9. The molecule has 0 saturated heterocycles. The van der Waals surface area contributed by atoms with Gasteiger partial charge in [0.1, 0.15) is 4.70 Å². The summed E-state index contributed by atoms with van der Waals surface area (Å²) in [5.74, 6) is 0.832. The highest BCUT2D eigenvalue weighted by Gasteiger charge is 2.07. The quantitative estimate of drug-likeness (QED) is 0.775. The van der Waals surface area contributed by atoms with Crippen LogP contribution in [0, 0.1) is 5.92 Å². The Morgan fingerprint density at radius 2 is 2.47 bits per heavy atom. The molecule has 2 aromatic heterocycles. The molecule has 15 heavy (non-hydrogen) atoms. The van der Waals surface area contributed by atoms with Crippen LogP contribution in [-0.4, -0.2) is 15.4 Å². The van der Waals surface area contributed by atoms with Gasteiger partial charge >= 0.3 is 0 Å². The summed E-state index contributed by atoms with van der Waals surface area (Å²) < 4.78 is 2.35. The third-order valence-corrected chi connectivity index (χ3v) is 3.63. The molecule has 0 N–H and O–H groups in total. The van der Waals surface area contributed by atoms with E-state index in [9.17, 15) is 4.79 Å². The number of rotatable bonds is 3. The second kappa shape index (κ2) is 4.33. The Hall–Kier alpha value is -0.870. The SMILES string of the molecule is CC(CCl)Cn1cnc2ccsc2c1=O. The van der Waals surface area contributed by atoms with Crippen molar-refractivity contribution in [2.75, 3.05) is 5.88 Å². The number of fused-ring (bicyclic) bond motifs is 1. The van der Waals surface area contributed by atoms with E-state index < -0.39 is 0 Å². The molecule has 3 nitrogen and oxygen atoms in total. The monoisotopic (exact) mass is 242 g/mol. The van der Waals surface area contributed by atoms with Crippen molar-refractivity contribution < 1.29 is 0 Å². The number of halogens is 1. The smallest absolute Gasteiger partial charge is 0.271 e. The third kappa shape index (κ3) is 2.06. The largest absolute Gasteiger partial charge is 0.298 e. The lowest BCUT2D eigenvalue weighted by Gasteiger charge is -2.09. The molecule has 0 aliphatic rings. The van der Waals surface area contributed by atoms with Crippen LogP contribution in [0.4, 0.5) is 0 Å². The Morgan fingerprint density at radius 1 is 1.67 bits per heavy atom. The van der Waals surface area contributed by atoms with Crippen molar-refractivity contribution in [3.63, 3.8) is 0 Å². The van der Waals surface area contributed by atoms with Gasteiger partial charge in [-0.3, -0.25) is 9.36 Å². The van der Waals surface area contributed by atoms with E-state index in [1.807, 2.05) is 18.4 Å². The Balaban J connectivity index is 2.44. The summed E-state index contributed by atoms with van der Waals surface area (Å²) in [6, 6.07) is 1.86. The van der Waals surface area contributed by atoms with Crippen LogP contribution in [0.2, 0.25) is 0 Å². The summed E-state index contributed by atoms with van der Waals surface area (Å²) in [5, 5.41) is 1.88. The Labute approximate surface area is 96.3 Å². The van der Waals surface area contributed by atoms with E-state index >= 15 is 0 Å². The maximum atomic E-state index is 11.9. The summed E-state index contributed by atoms with van der Waals surface area (Å²) in [6.45, 7) is 2.64. The second-order valence-corrected chi connectivity index (χ2v) is 4.82. The van der Waals surface area contributed by atoms with Gasteiger partial charge in [-0.1, -0.05) is 6.92 Å². The van der Waals surface area contributed by atoms with E-state index in [0.29, 0.717) is 12.4 Å². The standard InChI is InChI=1S/C10H11ClN2OS/c1-7(4-11)5-13-6-12-8-2-3-15-9(8)10(13)14/h2-3,6-7H,4-5H2,1H3. The first-order valence-electron chi connectivity index (χ1n) is 4.71. The molecular weight excluding hydrogens is 232 g/mol. The molecule has 2 heterocycles. The van der Waals surface area contributed by atoms with Gasteiger partial charge in [0.25, 0.3) is 5.56 Å². The zero-order chi connectivity index (χ0) is 10.8. The molecule has 0 aliphatic carbocycles. The van der Waals surface area contributed by atoms with Crippen LogP contribution in [0.25, 0.3) is 10.2 Å². The van der Waals surface area contributed by atoms with E-state index in [1.165, 1.54) is 11.3 Å². The van der Waals surface area contributed by atoms with Crippen molar-refractivity contribution in [1.82, 2.24) is 9.55 Å². The number of aromatic nitrogens is 2. The molecule has 0 spiro atoms. The van der Waals surface area contributed by atoms with E-state index in [-0.39, 0.29) is 11.5 Å². The predicted octanol–water partition coefficient (Wildman–Crippen LogP) is 2.33. The van der Waals surface area contributed by atoms with Gasteiger partial charge in [-0.2, -0.15) is 0 Å². The van der Waals surface area contributed by atoms with Crippen molar-refractivity contribution in [2.45, 2.75) is 13.5 Å². The fraction of sp³-hybridized carbons (Fsp3) is 0.400. The summed E-state index contributed by atoms with van der Waals surface area (Å²) in [4.78, 5) is 16.2. The molecule has 0 fully saturated rings. The van der Waals surface area contributed by atoms with E-state index in [1.54, 1.807) is 10.9 Å². The number of alkyl halides is 1. The molecule has 1 atom stereocenters. The molecular formula is C10H11ClN2OS. The van der Waals surface area contributed by atoms with Gasteiger partial charge in [0.15, 0.2) is 0 Å². The molecule has 0 aliphatic heterocycles. The zero-order valence-corrected chi connectivity index (χ0v) is 9.88. The highest BCUT2D eigenvalue weighted by atomic mass is 35.5. The summed E-state index contributed by atoms with van der Waals surface area (Å²) >= 11 is 7.15. The molecule has 0 radical (unpaired) electrons. The average Bonchev–Trinajstić information content (AvgIpc) is 2.70. The third-order valence-electron chi connectivity index (χ3n) is 2.21. The van der Waals surface area contributed by atoms with Gasteiger partial charge in [-0.25, -0.2) is 4.98 Å². The normalized spacial score (nSPS) is 13.2. The number of thiophene rings is 1. The Bertz CT molecular complexity index is 519. The lowest BCUT2D eigenvalue weighted by Crippen LogP contribution is -2.23. The first-order valence-corrected chi connectivity index (χ1v) is 6.12. The number of hydrogen-bond acceptors (Lipinski definition) is 3. The topological polar surface area (TPSA) is 34.9 Å². The molecule has 0 saturated carbocycles. The fourth-order valence-electron chi connectivity index (χ4n) is 1.39. The van der Waals surface area contributed by atoms with Crippen LogP contribution >= 0.6 is 22.9 Å². The lowest BCUT2D eigenvalue weighted by atomic mass is 10.2. The summed E-state index contributed by atoms with van der Waals surface area (Å²) in [7, 11) is 0. The second-order valence-electron chi connectivity index (χ2n) is 3.60. The van der Waals surface area contributed by atoms with Crippen molar-refractivity contribution in [3.05, 3.63) is 28.1 Å². The van der Waals surface area contributed by atoms with Crippen LogP contribution in [0.15, 0.2) is 22.6 Å². The molecule has 1 unspecified atom stereocenters. The lowest BCUT2D eigenvalue weighted by molar-refractivity contribution is 0.513. The maximum Gasteiger partial charge on any atom is 0.271 e. The first-order chi connectivity index (χ1) is 7.22. The van der Waals surface area contributed by atoms with Crippen LogP contribution < -0.4 is 5.56 Å². The first kappa shape index (κ1) is 10.6. The van der Waals surface area contributed by atoms with Gasteiger partial charge < -0.3 is 0 Å². The Morgan fingerprint density at radius 3 is 3.20 bits per heavy atom. The summed E-state index contributed by atoms with van der Waals surface area (Å²) in [6.07, 6.45) is 1.60. The van der Waals surface area contributed by atoms with E-state index in [4.69, 9.17) is 11.6 Å². The molecule has 2 rings (SSSR count).